The van der Waals surface area contributed by atoms with Crippen molar-refractivity contribution in [2.75, 3.05) is 6.54 Å². The Morgan fingerprint density at radius 3 is 2.57 bits per heavy atom. The van der Waals surface area contributed by atoms with Gasteiger partial charge in [-0.1, -0.05) is 19.8 Å². The summed E-state index contributed by atoms with van der Waals surface area (Å²) in [5.41, 5.74) is 0. The molecule has 0 unspecified atom stereocenters. The Kier molecular flexibility index (Phi) is 3.62. The number of rotatable bonds is 4. The molecular weight excluding hydrogens is 184 g/mol. The number of barbiturate groups is 1. The lowest BCUT2D eigenvalue weighted by Crippen LogP contribution is -2.52. The third-order valence-electron chi connectivity index (χ3n) is 2.09. The van der Waals surface area contributed by atoms with Crippen LogP contribution in [0.25, 0.3) is 0 Å². The number of hydrogen-bond acceptors (Lipinski definition) is 3. The van der Waals surface area contributed by atoms with Crippen molar-refractivity contribution in [2.45, 2.75) is 32.6 Å². The monoisotopic (exact) mass is 198 g/mol. The number of hydrogen-bond donors (Lipinski definition) is 1. The molecule has 1 fully saturated rings. The zero-order valence-corrected chi connectivity index (χ0v) is 8.21. The number of unbranched alkanes of at least 4 members (excludes halogenated alkanes) is 2. The van der Waals surface area contributed by atoms with Gasteiger partial charge in [-0.05, 0) is 6.42 Å². The second-order valence-corrected chi connectivity index (χ2v) is 3.28. The summed E-state index contributed by atoms with van der Waals surface area (Å²) in [6.45, 7) is 2.45. The van der Waals surface area contributed by atoms with Gasteiger partial charge in [0.2, 0.25) is 11.8 Å². The highest BCUT2D eigenvalue weighted by Gasteiger charge is 2.29. The molecule has 1 aliphatic heterocycles. The van der Waals surface area contributed by atoms with Crippen LogP contribution in [0.4, 0.5) is 4.79 Å². The maximum absolute atomic E-state index is 11.3. The molecule has 0 radical (unpaired) electrons. The van der Waals surface area contributed by atoms with Gasteiger partial charge in [-0.25, -0.2) is 4.79 Å². The molecule has 4 amide bonds. The van der Waals surface area contributed by atoms with Crippen molar-refractivity contribution in [3.63, 3.8) is 0 Å². The number of nitrogens with one attached hydrogen (secondary N) is 1. The number of carbonyl (C=O) groups excluding carboxylic acids is 3. The molecule has 0 saturated carbocycles. The van der Waals surface area contributed by atoms with Crippen LogP contribution in [0.2, 0.25) is 0 Å². The van der Waals surface area contributed by atoms with E-state index in [-0.39, 0.29) is 6.42 Å². The van der Waals surface area contributed by atoms with Crippen LogP contribution in [0.3, 0.4) is 0 Å². The predicted octanol–water partition coefficient (Wildman–Crippen LogP) is 0.645. The molecule has 1 heterocycles. The van der Waals surface area contributed by atoms with Crippen molar-refractivity contribution in [1.82, 2.24) is 10.2 Å². The lowest BCUT2D eigenvalue weighted by atomic mass is 10.2. The molecule has 0 bridgehead atoms. The largest absolute Gasteiger partial charge is 0.330 e. The standard InChI is InChI=1S/C9H14N2O3/c1-2-3-4-5-11-8(13)6-7(12)10-9(11)14/h2-6H2,1H3,(H,10,12,14). The summed E-state index contributed by atoms with van der Waals surface area (Å²) in [5.74, 6) is -0.901. The maximum atomic E-state index is 11.3. The van der Waals surface area contributed by atoms with Crippen LogP contribution < -0.4 is 5.32 Å². The fourth-order valence-electron chi connectivity index (χ4n) is 1.32. The Labute approximate surface area is 82.4 Å². The summed E-state index contributed by atoms with van der Waals surface area (Å²) < 4.78 is 0. The molecule has 78 valence electrons. The van der Waals surface area contributed by atoms with E-state index in [4.69, 9.17) is 0 Å². The molecule has 1 saturated heterocycles. The minimum atomic E-state index is -0.581. The van der Waals surface area contributed by atoms with Gasteiger partial charge in [-0.2, -0.15) is 0 Å². The summed E-state index contributed by atoms with van der Waals surface area (Å²) in [5, 5.41) is 2.11. The van der Waals surface area contributed by atoms with Gasteiger partial charge >= 0.3 is 6.03 Å². The fraction of sp³-hybridized carbons (Fsp3) is 0.667. The lowest BCUT2D eigenvalue weighted by Gasteiger charge is -2.24. The highest BCUT2D eigenvalue weighted by atomic mass is 16.2. The molecule has 14 heavy (non-hydrogen) atoms. The van der Waals surface area contributed by atoms with Gasteiger partial charge in [0.25, 0.3) is 0 Å². The highest BCUT2D eigenvalue weighted by Crippen LogP contribution is 2.05. The molecule has 0 spiro atoms. The first-order chi connectivity index (χ1) is 6.65. The Morgan fingerprint density at radius 1 is 1.29 bits per heavy atom. The van der Waals surface area contributed by atoms with Gasteiger partial charge in [-0.15, -0.1) is 0 Å². The molecule has 1 rings (SSSR count). The Hall–Kier alpha value is -1.39. The van der Waals surface area contributed by atoms with Gasteiger partial charge < -0.3 is 0 Å². The van der Waals surface area contributed by atoms with E-state index in [9.17, 15) is 14.4 Å². The summed E-state index contributed by atoms with van der Waals surface area (Å²) in [6.07, 6.45) is 2.59. The summed E-state index contributed by atoms with van der Waals surface area (Å²) >= 11 is 0. The van der Waals surface area contributed by atoms with Crippen molar-refractivity contribution in [1.29, 1.82) is 0 Å². The average Bonchev–Trinajstić information content (AvgIpc) is 2.09. The molecule has 1 aliphatic rings. The summed E-state index contributed by atoms with van der Waals surface area (Å²) in [6, 6.07) is -0.581. The van der Waals surface area contributed by atoms with Crippen LogP contribution in [-0.2, 0) is 9.59 Å². The third kappa shape index (κ3) is 2.55. The molecule has 5 nitrogen and oxygen atoms in total. The minimum Gasteiger partial charge on any atom is -0.277 e. The van der Waals surface area contributed by atoms with Gasteiger partial charge in [0.1, 0.15) is 6.42 Å². The second-order valence-electron chi connectivity index (χ2n) is 3.28. The van der Waals surface area contributed by atoms with Crippen LogP contribution in [0, 0.1) is 0 Å². The van der Waals surface area contributed by atoms with Gasteiger partial charge in [0.05, 0.1) is 0 Å². The van der Waals surface area contributed by atoms with E-state index in [1.54, 1.807) is 0 Å². The van der Waals surface area contributed by atoms with Gasteiger partial charge in [0, 0.05) is 6.54 Å². The van der Waals surface area contributed by atoms with E-state index in [1.807, 2.05) is 6.92 Å². The molecule has 0 atom stereocenters. The topological polar surface area (TPSA) is 66.5 Å². The zero-order valence-electron chi connectivity index (χ0n) is 8.21. The summed E-state index contributed by atoms with van der Waals surface area (Å²) in [7, 11) is 0. The first-order valence-corrected chi connectivity index (χ1v) is 4.79. The predicted molar refractivity (Wildman–Crippen MR) is 49.4 cm³/mol. The second kappa shape index (κ2) is 4.74. The first-order valence-electron chi connectivity index (χ1n) is 4.79. The van der Waals surface area contributed by atoms with E-state index in [1.165, 1.54) is 0 Å². The molecule has 0 aromatic rings. The number of amides is 4. The zero-order chi connectivity index (χ0) is 10.6. The highest BCUT2D eigenvalue weighted by molar-refractivity contribution is 6.14. The van der Waals surface area contributed by atoms with Crippen molar-refractivity contribution in [2.24, 2.45) is 0 Å². The summed E-state index contributed by atoms with van der Waals surface area (Å²) in [4.78, 5) is 34.3. The van der Waals surface area contributed by atoms with Crippen LogP contribution >= 0.6 is 0 Å². The van der Waals surface area contributed by atoms with Gasteiger partial charge in [-0.3, -0.25) is 19.8 Å². The van der Waals surface area contributed by atoms with E-state index in [2.05, 4.69) is 5.32 Å². The quantitative estimate of drug-likeness (QED) is 0.532. The maximum Gasteiger partial charge on any atom is 0.330 e. The lowest BCUT2D eigenvalue weighted by molar-refractivity contribution is -0.136. The van der Waals surface area contributed by atoms with Gasteiger partial charge in [0.15, 0.2) is 0 Å². The fourth-order valence-corrected chi connectivity index (χ4v) is 1.32. The Bertz CT molecular complexity index is 243. The average molecular weight is 198 g/mol. The Balaban J connectivity index is 2.46. The van der Waals surface area contributed by atoms with E-state index in [0.29, 0.717) is 6.54 Å². The third-order valence-corrected chi connectivity index (χ3v) is 2.09. The van der Waals surface area contributed by atoms with Crippen LogP contribution in [0.15, 0.2) is 0 Å². The number of imide groups is 2. The molecule has 5 heteroatoms. The van der Waals surface area contributed by atoms with E-state index < -0.39 is 17.8 Å². The first kappa shape index (κ1) is 10.7. The van der Waals surface area contributed by atoms with Crippen molar-refractivity contribution >= 4 is 17.8 Å². The molecular formula is C9H14N2O3. The normalized spacial score (nSPS) is 17.2. The number of nitrogens with zero attached hydrogens (tertiary/aromatic N) is 1. The number of carbonyl (C=O) groups is 3. The van der Waals surface area contributed by atoms with E-state index >= 15 is 0 Å². The van der Waals surface area contributed by atoms with Crippen LogP contribution in [0.1, 0.15) is 32.6 Å². The van der Waals surface area contributed by atoms with Crippen molar-refractivity contribution in [3.8, 4) is 0 Å². The van der Waals surface area contributed by atoms with Crippen molar-refractivity contribution in [3.05, 3.63) is 0 Å². The SMILES string of the molecule is CCCCCN1C(=O)CC(=O)NC1=O. The molecule has 0 aliphatic carbocycles. The number of urea groups is 1. The molecule has 0 aromatic carbocycles. The molecule has 0 aromatic heterocycles. The van der Waals surface area contributed by atoms with Crippen LogP contribution in [-0.4, -0.2) is 29.3 Å². The van der Waals surface area contributed by atoms with E-state index in [0.717, 1.165) is 24.2 Å². The smallest absolute Gasteiger partial charge is 0.277 e. The molecule has 1 N–H and O–H groups in total. The van der Waals surface area contributed by atoms with Crippen LogP contribution in [0.5, 0.6) is 0 Å². The van der Waals surface area contributed by atoms with Crippen molar-refractivity contribution < 1.29 is 14.4 Å². The minimum absolute atomic E-state index is 0.210. The Morgan fingerprint density at radius 2 is 2.00 bits per heavy atom.